The summed E-state index contributed by atoms with van der Waals surface area (Å²) in [5, 5.41) is 5.46. The first-order valence-electron chi connectivity index (χ1n) is 10.8. The molecule has 1 rings (SSSR count). The molecule has 0 saturated carbocycles. The molecule has 0 aliphatic carbocycles. The van der Waals surface area contributed by atoms with Crippen LogP contribution in [0.1, 0.15) is 67.9 Å². The van der Waals surface area contributed by atoms with Crippen LogP contribution >= 0.6 is 0 Å². The molecule has 1 atom stereocenters. The Balaban J connectivity index is 3.11. The van der Waals surface area contributed by atoms with Crippen molar-refractivity contribution in [1.82, 2.24) is 15.5 Å². The van der Waals surface area contributed by atoms with E-state index in [1.54, 1.807) is 53.7 Å². The van der Waals surface area contributed by atoms with Crippen LogP contribution in [0.5, 0.6) is 0 Å². The number of ether oxygens (including phenoxy) is 1. The summed E-state index contributed by atoms with van der Waals surface area (Å²) in [6.07, 6.45) is -0.300. The number of halogens is 1. The number of amides is 3. The Bertz CT molecular complexity index is 808. The topological polar surface area (TPSA) is 87.7 Å². The first-order chi connectivity index (χ1) is 14.4. The zero-order valence-corrected chi connectivity index (χ0v) is 20.8. The average Bonchev–Trinajstić information content (AvgIpc) is 2.59. The highest BCUT2D eigenvalue weighted by Gasteiger charge is 2.40. The Morgan fingerprint density at radius 3 is 2.00 bits per heavy atom. The number of carbonyl (C=O) groups excluding carboxylic acids is 3. The summed E-state index contributed by atoms with van der Waals surface area (Å²) >= 11 is 0. The van der Waals surface area contributed by atoms with Gasteiger partial charge in [-0.15, -0.1) is 0 Å². The van der Waals surface area contributed by atoms with Crippen molar-refractivity contribution in [3.63, 3.8) is 0 Å². The summed E-state index contributed by atoms with van der Waals surface area (Å²) in [5.74, 6) is -1.09. The summed E-state index contributed by atoms with van der Waals surface area (Å²) in [6.45, 7) is 15.9. The van der Waals surface area contributed by atoms with Gasteiger partial charge in [-0.3, -0.25) is 9.59 Å². The fourth-order valence-electron chi connectivity index (χ4n) is 2.95. The van der Waals surface area contributed by atoms with Crippen molar-refractivity contribution in [3.05, 3.63) is 35.6 Å². The van der Waals surface area contributed by atoms with Gasteiger partial charge in [0.1, 0.15) is 23.0 Å². The van der Waals surface area contributed by atoms with E-state index in [4.69, 9.17) is 4.74 Å². The molecular weight excluding hydrogens is 413 g/mol. The molecule has 2 N–H and O–H groups in total. The molecule has 0 heterocycles. The SMILES string of the molecule is C[C@H](NC(=O)OC(C)(C)C)C(=O)N(CCc1ccc(F)cc1)C(C)(C)C(=O)NC(C)(C)C. The van der Waals surface area contributed by atoms with Gasteiger partial charge in [0.05, 0.1) is 0 Å². The van der Waals surface area contributed by atoms with Crippen molar-refractivity contribution in [3.8, 4) is 0 Å². The van der Waals surface area contributed by atoms with Gasteiger partial charge in [-0.05, 0) is 86.4 Å². The van der Waals surface area contributed by atoms with Gasteiger partial charge in [-0.1, -0.05) is 12.1 Å². The van der Waals surface area contributed by atoms with Crippen molar-refractivity contribution in [2.75, 3.05) is 6.54 Å². The van der Waals surface area contributed by atoms with Gasteiger partial charge in [0.25, 0.3) is 0 Å². The zero-order chi connectivity index (χ0) is 24.9. The highest BCUT2D eigenvalue weighted by Crippen LogP contribution is 2.20. The van der Waals surface area contributed by atoms with E-state index in [9.17, 15) is 18.8 Å². The van der Waals surface area contributed by atoms with Gasteiger partial charge in [-0.25, -0.2) is 9.18 Å². The molecule has 0 unspecified atom stereocenters. The van der Waals surface area contributed by atoms with Crippen LogP contribution in [0, 0.1) is 5.82 Å². The number of carbonyl (C=O) groups is 3. The van der Waals surface area contributed by atoms with E-state index in [1.165, 1.54) is 17.0 Å². The predicted octanol–water partition coefficient (Wildman–Crippen LogP) is 3.80. The highest BCUT2D eigenvalue weighted by molar-refractivity contribution is 5.93. The maximum absolute atomic E-state index is 13.4. The fraction of sp³-hybridized carbons (Fsp3) is 0.625. The number of rotatable bonds is 7. The number of hydrogen-bond donors (Lipinski definition) is 2. The van der Waals surface area contributed by atoms with Crippen LogP contribution < -0.4 is 10.6 Å². The number of benzene rings is 1. The maximum Gasteiger partial charge on any atom is 0.408 e. The molecular formula is C24H38FN3O4. The monoisotopic (exact) mass is 451 g/mol. The largest absolute Gasteiger partial charge is 0.444 e. The highest BCUT2D eigenvalue weighted by atomic mass is 19.1. The first kappa shape index (κ1) is 27.4. The maximum atomic E-state index is 13.4. The quantitative estimate of drug-likeness (QED) is 0.660. The molecule has 1 aromatic rings. The van der Waals surface area contributed by atoms with Crippen LogP contribution in [0.3, 0.4) is 0 Å². The van der Waals surface area contributed by atoms with Crippen LogP contribution in [-0.4, -0.2) is 52.1 Å². The van der Waals surface area contributed by atoms with Crippen LogP contribution in [0.15, 0.2) is 24.3 Å². The Labute approximate surface area is 191 Å². The Morgan fingerprint density at radius 2 is 1.53 bits per heavy atom. The second kappa shape index (κ2) is 10.3. The minimum absolute atomic E-state index is 0.204. The van der Waals surface area contributed by atoms with Gasteiger partial charge in [0.2, 0.25) is 11.8 Å². The molecule has 8 heteroatoms. The van der Waals surface area contributed by atoms with Gasteiger partial charge >= 0.3 is 6.09 Å². The minimum atomic E-state index is -1.20. The molecule has 3 amide bonds. The van der Waals surface area contributed by atoms with Gasteiger partial charge in [-0.2, -0.15) is 0 Å². The van der Waals surface area contributed by atoms with Gasteiger partial charge in [0.15, 0.2) is 0 Å². The van der Waals surface area contributed by atoms with E-state index in [-0.39, 0.29) is 18.3 Å². The van der Waals surface area contributed by atoms with Crippen LogP contribution in [0.2, 0.25) is 0 Å². The Morgan fingerprint density at radius 1 is 1.00 bits per heavy atom. The summed E-state index contributed by atoms with van der Waals surface area (Å²) in [6, 6.07) is 5.07. The lowest BCUT2D eigenvalue weighted by Gasteiger charge is -2.40. The second-order valence-corrected chi connectivity index (χ2v) is 10.5. The number of nitrogens with one attached hydrogen (secondary N) is 2. The number of alkyl carbamates (subject to hydrolysis) is 1. The molecule has 7 nitrogen and oxygen atoms in total. The molecule has 0 aromatic heterocycles. The number of hydrogen-bond acceptors (Lipinski definition) is 4. The first-order valence-corrected chi connectivity index (χ1v) is 10.8. The molecule has 0 spiro atoms. The normalized spacial score (nSPS) is 13.2. The van der Waals surface area contributed by atoms with E-state index in [1.807, 2.05) is 20.8 Å². The molecule has 0 radical (unpaired) electrons. The van der Waals surface area contributed by atoms with E-state index < -0.39 is 34.7 Å². The summed E-state index contributed by atoms with van der Waals surface area (Å²) < 4.78 is 18.5. The van der Waals surface area contributed by atoms with Crippen molar-refractivity contribution in [2.24, 2.45) is 0 Å². The molecule has 0 aliphatic rings. The van der Waals surface area contributed by atoms with Gasteiger partial charge < -0.3 is 20.3 Å². The van der Waals surface area contributed by atoms with Gasteiger partial charge in [0, 0.05) is 12.1 Å². The van der Waals surface area contributed by atoms with Crippen molar-refractivity contribution in [2.45, 2.75) is 91.5 Å². The lowest BCUT2D eigenvalue weighted by atomic mass is 9.96. The minimum Gasteiger partial charge on any atom is -0.444 e. The third-order valence-corrected chi connectivity index (χ3v) is 4.63. The molecule has 1 aromatic carbocycles. The van der Waals surface area contributed by atoms with E-state index >= 15 is 0 Å². The number of nitrogens with zero attached hydrogens (tertiary/aromatic N) is 1. The van der Waals surface area contributed by atoms with Crippen LogP contribution in [0.25, 0.3) is 0 Å². The van der Waals surface area contributed by atoms with E-state index in [0.29, 0.717) is 6.42 Å². The third-order valence-electron chi connectivity index (χ3n) is 4.63. The summed E-state index contributed by atoms with van der Waals surface area (Å²) in [4.78, 5) is 40.0. The molecule has 0 fully saturated rings. The smallest absolute Gasteiger partial charge is 0.408 e. The third kappa shape index (κ3) is 8.85. The summed E-state index contributed by atoms with van der Waals surface area (Å²) in [7, 11) is 0. The van der Waals surface area contributed by atoms with Crippen molar-refractivity contribution in [1.29, 1.82) is 0 Å². The lowest BCUT2D eigenvalue weighted by Crippen LogP contribution is -2.63. The lowest BCUT2D eigenvalue weighted by molar-refractivity contribution is -0.147. The molecule has 32 heavy (non-hydrogen) atoms. The Kier molecular flexibility index (Phi) is 8.83. The van der Waals surface area contributed by atoms with Crippen LogP contribution in [0.4, 0.5) is 9.18 Å². The average molecular weight is 452 g/mol. The van der Waals surface area contributed by atoms with E-state index in [2.05, 4.69) is 10.6 Å². The Hall–Kier alpha value is -2.64. The molecule has 0 aliphatic heterocycles. The predicted molar refractivity (Wildman–Crippen MR) is 123 cm³/mol. The molecule has 0 saturated heterocycles. The zero-order valence-electron chi connectivity index (χ0n) is 20.8. The standard InChI is InChI=1S/C24H38FN3O4/c1-16(26-21(31)32-23(5,6)7)19(29)28(15-14-17-10-12-18(25)13-11-17)24(8,9)20(30)27-22(2,3)4/h10-13,16H,14-15H2,1-9H3,(H,26,31)(H,27,30)/t16-/m0/s1. The van der Waals surface area contributed by atoms with Crippen molar-refractivity contribution >= 4 is 17.9 Å². The molecule has 0 bridgehead atoms. The molecule has 180 valence electrons. The van der Waals surface area contributed by atoms with Crippen LogP contribution in [-0.2, 0) is 20.7 Å². The summed E-state index contributed by atoms with van der Waals surface area (Å²) in [5.41, 5.74) is -1.57. The van der Waals surface area contributed by atoms with E-state index in [0.717, 1.165) is 5.56 Å². The fourth-order valence-corrected chi connectivity index (χ4v) is 2.95. The van der Waals surface area contributed by atoms with Crippen molar-refractivity contribution < 1.29 is 23.5 Å². The second-order valence-electron chi connectivity index (χ2n) is 10.5.